The summed E-state index contributed by atoms with van der Waals surface area (Å²) < 4.78 is 5.25. The van der Waals surface area contributed by atoms with Crippen molar-refractivity contribution in [1.82, 2.24) is 5.32 Å². The summed E-state index contributed by atoms with van der Waals surface area (Å²) in [5.41, 5.74) is 1.10. The van der Waals surface area contributed by atoms with Crippen LogP contribution < -0.4 is 10.1 Å². The summed E-state index contributed by atoms with van der Waals surface area (Å²) in [6, 6.07) is 5.36. The molecule has 0 radical (unpaired) electrons. The predicted molar refractivity (Wildman–Crippen MR) is 52.0 cm³/mol. The first-order valence-electron chi connectivity index (χ1n) is 4.37. The van der Waals surface area contributed by atoms with Gasteiger partial charge in [-0.2, -0.15) is 0 Å². The Labute approximate surface area is 78.3 Å². The molecule has 72 valence electrons. The fraction of sp³-hybridized carbons (Fsp3) is 0.400. The number of ether oxygens (including phenoxy) is 1. The van der Waals surface area contributed by atoms with Crippen LogP contribution in [0.5, 0.6) is 11.5 Å². The van der Waals surface area contributed by atoms with Gasteiger partial charge in [0.1, 0.15) is 0 Å². The maximum Gasteiger partial charge on any atom is 0.161 e. The van der Waals surface area contributed by atoms with Crippen molar-refractivity contribution in [1.29, 1.82) is 0 Å². The lowest BCUT2D eigenvalue weighted by Crippen LogP contribution is -2.05. The molecule has 3 nitrogen and oxygen atoms in total. The molecule has 0 aliphatic heterocycles. The van der Waals surface area contributed by atoms with E-state index in [-0.39, 0.29) is 5.75 Å². The quantitative estimate of drug-likeness (QED) is 0.739. The monoisotopic (exact) mass is 181 g/mol. The first-order chi connectivity index (χ1) is 6.27. The third kappa shape index (κ3) is 2.63. The van der Waals surface area contributed by atoms with E-state index in [1.807, 2.05) is 26.1 Å². The van der Waals surface area contributed by atoms with Crippen molar-refractivity contribution in [3.8, 4) is 11.5 Å². The van der Waals surface area contributed by atoms with Gasteiger partial charge in [-0.25, -0.2) is 0 Å². The maximum atomic E-state index is 9.39. The SMILES string of the molecule is CCOc1cc(CNC)ccc1O. The molecule has 0 amide bonds. The van der Waals surface area contributed by atoms with E-state index in [2.05, 4.69) is 5.32 Å². The fourth-order valence-electron chi connectivity index (χ4n) is 1.14. The van der Waals surface area contributed by atoms with Crippen molar-refractivity contribution in [2.24, 2.45) is 0 Å². The minimum Gasteiger partial charge on any atom is -0.504 e. The fourth-order valence-corrected chi connectivity index (χ4v) is 1.14. The van der Waals surface area contributed by atoms with Gasteiger partial charge in [-0.3, -0.25) is 0 Å². The molecule has 0 bridgehead atoms. The van der Waals surface area contributed by atoms with Gasteiger partial charge in [0.25, 0.3) is 0 Å². The van der Waals surface area contributed by atoms with Crippen molar-refractivity contribution < 1.29 is 9.84 Å². The van der Waals surface area contributed by atoms with E-state index in [1.165, 1.54) is 0 Å². The molecule has 0 aromatic heterocycles. The zero-order chi connectivity index (χ0) is 9.68. The minimum atomic E-state index is 0.196. The van der Waals surface area contributed by atoms with E-state index in [1.54, 1.807) is 6.07 Å². The highest BCUT2D eigenvalue weighted by atomic mass is 16.5. The van der Waals surface area contributed by atoms with E-state index < -0.39 is 0 Å². The van der Waals surface area contributed by atoms with E-state index in [9.17, 15) is 5.11 Å². The Morgan fingerprint density at radius 3 is 2.85 bits per heavy atom. The van der Waals surface area contributed by atoms with Gasteiger partial charge in [0.15, 0.2) is 11.5 Å². The zero-order valence-corrected chi connectivity index (χ0v) is 8.00. The molecule has 3 heteroatoms. The van der Waals surface area contributed by atoms with Gasteiger partial charge in [0, 0.05) is 6.54 Å². The highest BCUT2D eigenvalue weighted by Gasteiger charge is 2.02. The number of phenolic OH excluding ortho intramolecular Hbond substituents is 1. The molecular formula is C10H15NO2. The summed E-state index contributed by atoms with van der Waals surface area (Å²) in [5, 5.41) is 12.4. The number of rotatable bonds is 4. The van der Waals surface area contributed by atoms with Crippen molar-refractivity contribution in [3.63, 3.8) is 0 Å². The van der Waals surface area contributed by atoms with Crippen LogP contribution >= 0.6 is 0 Å². The summed E-state index contributed by atoms with van der Waals surface area (Å²) in [4.78, 5) is 0. The molecule has 0 saturated carbocycles. The van der Waals surface area contributed by atoms with Gasteiger partial charge >= 0.3 is 0 Å². The van der Waals surface area contributed by atoms with Gasteiger partial charge < -0.3 is 15.2 Å². The Morgan fingerprint density at radius 1 is 1.46 bits per heavy atom. The van der Waals surface area contributed by atoms with Gasteiger partial charge in [-0.1, -0.05) is 6.07 Å². The molecule has 0 aliphatic carbocycles. The highest BCUT2D eigenvalue weighted by Crippen LogP contribution is 2.26. The third-order valence-electron chi connectivity index (χ3n) is 1.70. The zero-order valence-electron chi connectivity index (χ0n) is 8.00. The van der Waals surface area contributed by atoms with Crippen LogP contribution in [-0.4, -0.2) is 18.8 Å². The number of phenols is 1. The number of aromatic hydroxyl groups is 1. The highest BCUT2D eigenvalue weighted by molar-refractivity contribution is 5.41. The molecule has 0 aliphatic rings. The molecule has 1 aromatic carbocycles. The lowest BCUT2D eigenvalue weighted by atomic mass is 10.2. The van der Waals surface area contributed by atoms with E-state index in [4.69, 9.17) is 4.74 Å². The average Bonchev–Trinajstić information content (AvgIpc) is 2.12. The molecule has 0 unspecified atom stereocenters. The molecule has 0 heterocycles. The minimum absolute atomic E-state index is 0.196. The lowest BCUT2D eigenvalue weighted by Gasteiger charge is -2.07. The third-order valence-corrected chi connectivity index (χ3v) is 1.70. The number of hydrogen-bond donors (Lipinski definition) is 2. The van der Waals surface area contributed by atoms with Crippen LogP contribution in [-0.2, 0) is 6.54 Å². The van der Waals surface area contributed by atoms with Crippen molar-refractivity contribution in [2.75, 3.05) is 13.7 Å². The summed E-state index contributed by atoms with van der Waals surface area (Å²) in [7, 11) is 1.88. The average molecular weight is 181 g/mol. The molecule has 0 saturated heterocycles. The van der Waals surface area contributed by atoms with Crippen LogP contribution in [0.25, 0.3) is 0 Å². The summed E-state index contributed by atoms with van der Waals surface area (Å²) in [6.45, 7) is 3.24. The second-order valence-electron chi connectivity index (χ2n) is 2.77. The molecule has 1 rings (SSSR count). The van der Waals surface area contributed by atoms with Crippen LogP contribution in [0.3, 0.4) is 0 Å². The second kappa shape index (κ2) is 4.72. The summed E-state index contributed by atoms with van der Waals surface area (Å²) >= 11 is 0. The smallest absolute Gasteiger partial charge is 0.161 e. The topological polar surface area (TPSA) is 41.5 Å². The summed E-state index contributed by atoms with van der Waals surface area (Å²) in [5.74, 6) is 0.747. The van der Waals surface area contributed by atoms with Gasteiger partial charge in [-0.15, -0.1) is 0 Å². The van der Waals surface area contributed by atoms with E-state index in [0.29, 0.717) is 12.4 Å². The van der Waals surface area contributed by atoms with E-state index in [0.717, 1.165) is 12.1 Å². The van der Waals surface area contributed by atoms with Crippen molar-refractivity contribution >= 4 is 0 Å². The van der Waals surface area contributed by atoms with Gasteiger partial charge in [0.2, 0.25) is 0 Å². The molecule has 0 fully saturated rings. The van der Waals surface area contributed by atoms with Crippen LogP contribution in [0.2, 0.25) is 0 Å². The van der Waals surface area contributed by atoms with E-state index >= 15 is 0 Å². The largest absolute Gasteiger partial charge is 0.504 e. The summed E-state index contributed by atoms with van der Waals surface area (Å²) in [6.07, 6.45) is 0. The molecule has 13 heavy (non-hydrogen) atoms. The van der Waals surface area contributed by atoms with Crippen molar-refractivity contribution in [2.45, 2.75) is 13.5 Å². The number of hydrogen-bond acceptors (Lipinski definition) is 3. The molecule has 1 aromatic rings. The predicted octanol–water partition coefficient (Wildman–Crippen LogP) is 1.51. The second-order valence-corrected chi connectivity index (χ2v) is 2.77. The first-order valence-corrected chi connectivity index (χ1v) is 4.37. The van der Waals surface area contributed by atoms with Crippen LogP contribution in [0.1, 0.15) is 12.5 Å². The Hall–Kier alpha value is -1.22. The maximum absolute atomic E-state index is 9.39. The Balaban J connectivity index is 2.83. The Morgan fingerprint density at radius 2 is 2.23 bits per heavy atom. The number of benzene rings is 1. The van der Waals surface area contributed by atoms with Crippen LogP contribution in [0.15, 0.2) is 18.2 Å². The molecular weight excluding hydrogens is 166 g/mol. The van der Waals surface area contributed by atoms with Crippen molar-refractivity contribution in [3.05, 3.63) is 23.8 Å². The number of nitrogens with one attached hydrogen (secondary N) is 1. The van der Waals surface area contributed by atoms with Crippen LogP contribution in [0, 0.1) is 0 Å². The Kier molecular flexibility index (Phi) is 3.58. The first kappa shape index (κ1) is 9.86. The molecule has 0 atom stereocenters. The van der Waals surface area contributed by atoms with Crippen LogP contribution in [0.4, 0.5) is 0 Å². The lowest BCUT2D eigenvalue weighted by molar-refractivity contribution is 0.317. The van der Waals surface area contributed by atoms with Gasteiger partial charge in [-0.05, 0) is 31.7 Å². The standard InChI is InChI=1S/C10H15NO2/c1-3-13-10-6-8(7-11-2)4-5-9(10)12/h4-6,11-12H,3,7H2,1-2H3. The normalized spacial score (nSPS) is 10.0. The molecule has 2 N–H and O–H groups in total. The molecule has 0 spiro atoms. The van der Waals surface area contributed by atoms with Gasteiger partial charge in [0.05, 0.1) is 6.61 Å². The Bertz CT molecular complexity index is 274.